The minimum absolute atomic E-state index is 0.200. The molecule has 4 rings (SSSR count). The number of ether oxygens (including phenoxy) is 2. The Bertz CT molecular complexity index is 1220. The van der Waals surface area contributed by atoms with Crippen LogP contribution in [0.25, 0.3) is 11.4 Å². The predicted octanol–water partition coefficient (Wildman–Crippen LogP) is 5.51. The molecule has 31 heavy (non-hydrogen) atoms. The van der Waals surface area contributed by atoms with Gasteiger partial charge in [0, 0.05) is 29.1 Å². The Morgan fingerprint density at radius 2 is 1.71 bits per heavy atom. The number of carbonyl (C=O) groups is 1. The molecule has 154 valence electrons. The van der Waals surface area contributed by atoms with Crippen molar-refractivity contribution in [3.8, 4) is 28.8 Å². The first-order chi connectivity index (χ1) is 15.1. The van der Waals surface area contributed by atoms with Crippen LogP contribution in [0.2, 0.25) is 0 Å². The topological polar surface area (TPSA) is 73.3 Å². The Morgan fingerprint density at radius 1 is 0.903 bits per heavy atom. The van der Waals surface area contributed by atoms with Crippen molar-refractivity contribution >= 4 is 11.6 Å². The van der Waals surface area contributed by atoms with Crippen molar-refractivity contribution in [1.82, 2.24) is 9.97 Å². The zero-order valence-corrected chi connectivity index (χ0v) is 17.2. The van der Waals surface area contributed by atoms with Crippen LogP contribution < -0.4 is 14.8 Å². The average Bonchev–Trinajstić information content (AvgIpc) is 2.80. The monoisotopic (exact) mass is 411 g/mol. The lowest BCUT2D eigenvalue weighted by Gasteiger charge is -2.10. The molecule has 0 spiro atoms. The highest BCUT2D eigenvalue weighted by molar-refractivity contribution is 6.04. The van der Waals surface area contributed by atoms with E-state index in [0.29, 0.717) is 34.3 Å². The zero-order valence-electron chi connectivity index (χ0n) is 17.2. The van der Waals surface area contributed by atoms with E-state index in [1.54, 1.807) is 43.6 Å². The third kappa shape index (κ3) is 4.87. The van der Waals surface area contributed by atoms with Gasteiger partial charge in [0.05, 0.1) is 7.11 Å². The summed E-state index contributed by atoms with van der Waals surface area (Å²) in [7, 11) is 1.58. The minimum Gasteiger partial charge on any atom is -0.493 e. The van der Waals surface area contributed by atoms with Crippen LogP contribution >= 0.6 is 0 Å². The number of nitrogens with zero attached hydrogens (tertiary/aromatic N) is 2. The van der Waals surface area contributed by atoms with E-state index in [-0.39, 0.29) is 5.91 Å². The number of rotatable bonds is 6. The van der Waals surface area contributed by atoms with Crippen molar-refractivity contribution in [1.29, 1.82) is 0 Å². The minimum atomic E-state index is -0.200. The molecule has 1 amide bonds. The number of hydrogen-bond acceptors (Lipinski definition) is 5. The lowest BCUT2D eigenvalue weighted by atomic mass is 10.1. The van der Waals surface area contributed by atoms with Crippen LogP contribution in [0.4, 0.5) is 5.69 Å². The molecule has 0 radical (unpaired) electrons. The molecule has 6 nitrogen and oxygen atoms in total. The lowest BCUT2D eigenvalue weighted by molar-refractivity contribution is 0.102. The van der Waals surface area contributed by atoms with Crippen LogP contribution in [0.15, 0.2) is 85.1 Å². The first-order valence-corrected chi connectivity index (χ1v) is 9.75. The van der Waals surface area contributed by atoms with Crippen LogP contribution in [-0.2, 0) is 0 Å². The second-order valence-electron chi connectivity index (χ2n) is 6.88. The van der Waals surface area contributed by atoms with E-state index < -0.39 is 0 Å². The third-order valence-corrected chi connectivity index (χ3v) is 4.57. The normalized spacial score (nSPS) is 10.4. The second-order valence-corrected chi connectivity index (χ2v) is 6.88. The average molecular weight is 411 g/mol. The number of anilines is 1. The van der Waals surface area contributed by atoms with Gasteiger partial charge in [0.2, 0.25) is 5.88 Å². The Kier molecular flexibility index (Phi) is 5.89. The van der Waals surface area contributed by atoms with Crippen LogP contribution in [-0.4, -0.2) is 23.0 Å². The number of amides is 1. The summed E-state index contributed by atoms with van der Waals surface area (Å²) in [5.41, 5.74) is 3.05. The SMILES string of the molecule is COc1ccccc1Oc1ccnc(-c2cccc(C(=O)Nc3cccc(C)c3)c2)n1. The first kappa shape index (κ1) is 20.1. The summed E-state index contributed by atoms with van der Waals surface area (Å²) in [6.45, 7) is 1.98. The van der Waals surface area contributed by atoms with Gasteiger partial charge >= 0.3 is 0 Å². The standard InChI is InChI=1S/C25H21N3O3/c1-17-7-5-10-20(15-17)27-25(29)19-9-6-8-18(16-19)24-26-14-13-23(28-24)31-22-12-4-3-11-21(22)30-2/h3-16H,1-2H3,(H,27,29). The highest BCUT2D eigenvalue weighted by Gasteiger charge is 2.11. The van der Waals surface area contributed by atoms with Gasteiger partial charge in [-0.3, -0.25) is 4.79 Å². The molecule has 0 saturated heterocycles. The molecule has 0 aliphatic carbocycles. The van der Waals surface area contributed by atoms with Gasteiger partial charge in [0.1, 0.15) is 0 Å². The molecule has 0 fully saturated rings. The molecule has 0 atom stereocenters. The van der Waals surface area contributed by atoms with Gasteiger partial charge in [-0.25, -0.2) is 4.98 Å². The van der Waals surface area contributed by atoms with Crippen molar-refractivity contribution in [3.63, 3.8) is 0 Å². The fourth-order valence-corrected chi connectivity index (χ4v) is 3.08. The Morgan fingerprint density at radius 3 is 2.52 bits per heavy atom. The number of para-hydroxylation sites is 2. The van der Waals surface area contributed by atoms with Crippen molar-refractivity contribution in [3.05, 3.63) is 96.2 Å². The van der Waals surface area contributed by atoms with E-state index >= 15 is 0 Å². The van der Waals surface area contributed by atoms with E-state index in [2.05, 4.69) is 15.3 Å². The Labute approximate surface area is 180 Å². The fourth-order valence-electron chi connectivity index (χ4n) is 3.08. The van der Waals surface area contributed by atoms with E-state index in [1.165, 1.54) is 0 Å². The lowest BCUT2D eigenvalue weighted by Crippen LogP contribution is -2.12. The van der Waals surface area contributed by atoms with Crippen molar-refractivity contribution in [2.45, 2.75) is 6.92 Å². The Hall–Kier alpha value is -4.19. The van der Waals surface area contributed by atoms with Crippen LogP contribution in [0.1, 0.15) is 15.9 Å². The van der Waals surface area contributed by atoms with Gasteiger partial charge in [-0.2, -0.15) is 4.98 Å². The van der Waals surface area contributed by atoms with E-state index in [0.717, 1.165) is 11.3 Å². The van der Waals surface area contributed by atoms with E-state index in [9.17, 15) is 4.79 Å². The van der Waals surface area contributed by atoms with Gasteiger partial charge in [-0.15, -0.1) is 0 Å². The van der Waals surface area contributed by atoms with Crippen molar-refractivity contribution in [2.75, 3.05) is 12.4 Å². The summed E-state index contributed by atoms with van der Waals surface area (Å²) in [5, 5.41) is 2.92. The summed E-state index contributed by atoms with van der Waals surface area (Å²) >= 11 is 0. The van der Waals surface area contributed by atoms with Crippen molar-refractivity contribution in [2.24, 2.45) is 0 Å². The van der Waals surface area contributed by atoms with Gasteiger partial charge in [0.15, 0.2) is 17.3 Å². The number of methoxy groups -OCH3 is 1. The maximum absolute atomic E-state index is 12.7. The zero-order chi connectivity index (χ0) is 21.6. The van der Waals surface area contributed by atoms with Gasteiger partial charge < -0.3 is 14.8 Å². The molecular formula is C25H21N3O3. The van der Waals surface area contributed by atoms with E-state index in [4.69, 9.17) is 9.47 Å². The van der Waals surface area contributed by atoms with Crippen molar-refractivity contribution < 1.29 is 14.3 Å². The number of benzene rings is 3. The maximum Gasteiger partial charge on any atom is 0.255 e. The first-order valence-electron chi connectivity index (χ1n) is 9.75. The highest BCUT2D eigenvalue weighted by Crippen LogP contribution is 2.30. The number of aromatic nitrogens is 2. The molecule has 1 aromatic heterocycles. The number of carbonyl (C=O) groups excluding carboxylic acids is 1. The molecule has 0 aliphatic rings. The highest BCUT2D eigenvalue weighted by atomic mass is 16.5. The number of aryl methyl sites for hydroxylation is 1. The van der Waals surface area contributed by atoms with Crippen LogP contribution in [0.3, 0.4) is 0 Å². The molecule has 0 bridgehead atoms. The summed E-state index contributed by atoms with van der Waals surface area (Å²) in [6.07, 6.45) is 1.62. The molecular weight excluding hydrogens is 390 g/mol. The molecule has 0 saturated carbocycles. The molecule has 6 heteroatoms. The smallest absolute Gasteiger partial charge is 0.255 e. The van der Waals surface area contributed by atoms with E-state index in [1.807, 2.05) is 55.5 Å². The van der Waals surface area contributed by atoms with Crippen LogP contribution in [0.5, 0.6) is 17.4 Å². The maximum atomic E-state index is 12.7. The number of nitrogens with one attached hydrogen (secondary N) is 1. The summed E-state index contributed by atoms with van der Waals surface area (Å²) in [6, 6.07) is 23.8. The molecule has 1 N–H and O–H groups in total. The predicted molar refractivity (Wildman–Crippen MR) is 120 cm³/mol. The summed E-state index contributed by atoms with van der Waals surface area (Å²) < 4.78 is 11.2. The molecule has 1 heterocycles. The Balaban J connectivity index is 1.56. The van der Waals surface area contributed by atoms with Gasteiger partial charge in [-0.1, -0.05) is 36.4 Å². The fraction of sp³-hybridized carbons (Fsp3) is 0.0800. The molecule has 0 unspecified atom stereocenters. The van der Waals surface area contributed by atoms with Gasteiger partial charge in [0.25, 0.3) is 5.91 Å². The second kappa shape index (κ2) is 9.09. The molecule has 3 aromatic carbocycles. The quantitative estimate of drug-likeness (QED) is 0.453. The molecule has 0 aliphatic heterocycles. The largest absolute Gasteiger partial charge is 0.493 e. The number of hydrogen-bond donors (Lipinski definition) is 1. The summed E-state index contributed by atoms with van der Waals surface area (Å²) in [5.74, 6) is 1.80. The molecule has 4 aromatic rings. The van der Waals surface area contributed by atoms with Gasteiger partial charge in [-0.05, 0) is 48.9 Å². The summed E-state index contributed by atoms with van der Waals surface area (Å²) in [4.78, 5) is 21.5. The van der Waals surface area contributed by atoms with Crippen LogP contribution in [0, 0.1) is 6.92 Å². The third-order valence-electron chi connectivity index (χ3n) is 4.57.